The van der Waals surface area contributed by atoms with E-state index < -0.39 is 5.97 Å². The van der Waals surface area contributed by atoms with Crippen LogP contribution in [0.5, 0.6) is 0 Å². The predicted octanol–water partition coefficient (Wildman–Crippen LogP) is 3.85. The summed E-state index contributed by atoms with van der Waals surface area (Å²) < 4.78 is 2.05. The molecular weight excluding hydrogens is 346 g/mol. The van der Waals surface area contributed by atoms with Gasteiger partial charge in [0.15, 0.2) is 5.16 Å². The van der Waals surface area contributed by atoms with E-state index in [9.17, 15) is 4.79 Å². The summed E-state index contributed by atoms with van der Waals surface area (Å²) in [5, 5.41) is 18.1. The number of carboxylic acids is 1. The number of carbonyl (C=O) groups is 1. The molecule has 0 aliphatic rings. The van der Waals surface area contributed by atoms with Crippen LogP contribution in [-0.2, 0) is 17.8 Å². The van der Waals surface area contributed by atoms with Gasteiger partial charge in [-0.25, -0.2) is 0 Å². The van der Waals surface area contributed by atoms with Gasteiger partial charge < -0.3 is 9.67 Å². The Balaban J connectivity index is 1.97. The first kappa shape index (κ1) is 18.2. The summed E-state index contributed by atoms with van der Waals surface area (Å²) in [5.74, 6) is 0.131. The number of carboxylic acid groups (broad SMARTS) is 1. The maximum absolute atomic E-state index is 10.9. The van der Waals surface area contributed by atoms with Crippen molar-refractivity contribution >= 4 is 17.7 Å². The summed E-state index contributed by atoms with van der Waals surface area (Å²) in [4.78, 5) is 10.9. The van der Waals surface area contributed by atoms with E-state index in [0.29, 0.717) is 11.7 Å². The smallest absolute Gasteiger partial charge is 0.313 e. The maximum atomic E-state index is 10.9. The highest BCUT2D eigenvalue weighted by Crippen LogP contribution is 2.29. The number of aromatic nitrogens is 3. The van der Waals surface area contributed by atoms with Crippen LogP contribution in [0.4, 0.5) is 0 Å². The molecule has 0 radical (unpaired) electrons. The zero-order valence-corrected chi connectivity index (χ0v) is 15.4. The van der Waals surface area contributed by atoms with Gasteiger partial charge in [0, 0.05) is 18.9 Å². The van der Waals surface area contributed by atoms with Crippen LogP contribution in [0.15, 0.2) is 65.8 Å². The lowest BCUT2D eigenvalue weighted by atomic mass is 9.91. The van der Waals surface area contributed by atoms with Gasteiger partial charge in [-0.1, -0.05) is 79.3 Å². The molecule has 3 aromatic rings. The van der Waals surface area contributed by atoms with Gasteiger partial charge in [-0.2, -0.15) is 0 Å². The fraction of sp³-hybridized carbons (Fsp3) is 0.250. The van der Waals surface area contributed by atoms with Crippen molar-refractivity contribution in [3.63, 3.8) is 0 Å². The number of hydrogen-bond donors (Lipinski definition) is 1. The van der Waals surface area contributed by atoms with Gasteiger partial charge >= 0.3 is 5.97 Å². The lowest BCUT2D eigenvalue weighted by molar-refractivity contribution is -0.133. The second-order valence-corrected chi connectivity index (χ2v) is 6.86. The lowest BCUT2D eigenvalue weighted by Crippen LogP contribution is -2.14. The summed E-state index contributed by atoms with van der Waals surface area (Å²) >= 11 is 1.21. The topological polar surface area (TPSA) is 68.0 Å². The molecule has 0 atom stereocenters. The van der Waals surface area contributed by atoms with Gasteiger partial charge in [-0.3, -0.25) is 4.79 Å². The van der Waals surface area contributed by atoms with Crippen LogP contribution in [-0.4, -0.2) is 31.6 Å². The van der Waals surface area contributed by atoms with Crippen molar-refractivity contribution in [2.45, 2.75) is 31.0 Å². The highest BCUT2D eigenvalue weighted by atomic mass is 32.2. The number of benzene rings is 2. The first-order chi connectivity index (χ1) is 12.7. The van der Waals surface area contributed by atoms with Gasteiger partial charge in [0.2, 0.25) is 0 Å². The molecule has 1 aromatic heterocycles. The Morgan fingerprint density at radius 1 is 1.04 bits per heavy atom. The third-order valence-corrected chi connectivity index (χ3v) is 5.15. The molecule has 0 spiro atoms. The summed E-state index contributed by atoms with van der Waals surface area (Å²) in [5.41, 5.74) is 2.42. The van der Waals surface area contributed by atoms with Crippen LogP contribution >= 0.6 is 11.8 Å². The molecule has 1 N–H and O–H groups in total. The van der Waals surface area contributed by atoms with Crippen molar-refractivity contribution in [3.8, 4) is 0 Å². The first-order valence-corrected chi connectivity index (χ1v) is 9.54. The number of rotatable bonds is 8. The molecule has 26 heavy (non-hydrogen) atoms. The largest absolute Gasteiger partial charge is 0.481 e. The van der Waals surface area contributed by atoms with Gasteiger partial charge in [0.1, 0.15) is 5.82 Å². The molecule has 5 nitrogen and oxygen atoms in total. The molecule has 2 aromatic carbocycles. The van der Waals surface area contributed by atoms with E-state index in [2.05, 4.69) is 39.0 Å². The molecule has 0 aliphatic heterocycles. The first-order valence-electron chi connectivity index (χ1n) is 8.55. The van der Waals surface area contributed by atoms with Gasteiger partial charge in [0.05, 0.1) is 5.75 Å². The Morgan fingerprint density at radius 3 is 2.12 bits per heavy atom. The van der Waals surface area contributed by atoms with Crippen molar-refractivity contribution < 1.29 is 9.90 Å². The number of nitrogens with zero attached hydrogens (tertiary/aromatic N) is 3. The minimum Gasteiger partial charge on any atom is -0.481 e. The Bertz CT molecular complexity index is 811. The predicted molar refractivity (Wildman–Crippen MR) is 102 cm³/mol. The van der Waals surface area contributed by atoms with E-state index in [1.165, 1.54) is 22.9 Å². The Morgan fingerprint density at radius 2 is 1.62 bits per heavy atom. The van der Waals surface area contributed by atoms with E-state index in [1.807, 2.05) is 43.3 Å². The molecule has 0 unspecified atom stereocenters. The normalized spacial score (nSPS) is 11.0. The fourth-order valence-corrected chi connectivity index (χ4v) is 3.64. The summed E-state index contributed by atoms with van der Waals surface area (Å²) in [6.07, 6.45) is 0.747. The molecule has 0 amide bonds. The molecular formula is C20H21N3O2S. The Labute approximate surface area is 157 Å². The van der Waals surface area contributed by atoms with Crippen molar-refractivity contribution in [3.05, 3.63) is 77.6 Å². The summed E-state index contributed by atoms with van der Waals surface area (Å²) in [6, 6.07) is 20.7. The average Bonchev–Trinajstić information content (AvgIpc) is 3.07. The van der Waals surface area contributed by atoms with E-state index >= 15 is 0 Å². The zero-order valence-electron chi connectivity index (χ0n) is 14.6. The highest BCUT2D eigenvalue weighted by Gasteiger charge is 2.20. The van der Waals surface area contributed by atoms with Crippen LogP contribution in [0.25, 0.3) is 0 Å². The van der Waals surface area contributed by atoms with Crippen LogP contribution in [0.2, 0.25) is 0 Å². The molecule has 1 heterocycles. The molecule has 0 saturated carbocycles. The quantitative estimate of drug-likeness (QED) is 0.613. The van der Waals surface area contributed by atoms with Crippen molar-refractivity contribution in [2.75, 3.05) is 5.75 Å². The molecule has 0 bridgehead atoms. The summed E-state index contributed by atoms with van der Waals surface area (Å²) in [6.45, 7) is 2.71. The third kappa shape index (κ3) is 4.32. The SMILES string of the molecule is CCc1nnc(SCC(=O)O)n1CC(c1ccccc1)c1ccccc1. The van der Waals surface area contributed by atoms with Gasteiger partial charge in [0.25, 0.3) is 0 Å². The average molecular weight is 367 g/mol. The molecule has 0 saturated heterocycles. The minimum atomic E-state index is -0.856. The lowest BCUT2D eigenvalue weighted by Gasteiger charge is -2.20. The minimum absolute atomic E-state index is 0.0246. The molecule has 3 rings (SSSR count). The molecule has 6 heteroatoms. The maximum Gasteiger partial charge on any atom is 0.313 e. The van der Waals surface area contributed by atoms with E-state index in [1.54, 1.807) is 0 Å². The highest BCUT2D eigenvalue weighted by molar-refractivity contribution is 7.99. The second-order valence-electron chi connectivity index (χ2n) is 5.92. The number of aliphatic carboxylic acids is 1. The van der Waals surface area contributed by atoms with E-state index in [4.69, 9.17) is 5.11 Å². The van der Waals surface area contributed by atoms with Crippen LogP contribution in [0.1, 0.15) is 29.8 Å². The monoisotopic (exact) mass is 367 g/mol. The molecule has 0 fully saturated rings. The Kier molecular flexibility index (Phi) is 6.07. The van der Waals surface area contributed by atoms with Crippen LogP contribution in [0, 0.1) is 0 Å². The van der Waals surface area contributed by atoms with Gasteiger partial charge in [-0.15, -0.1) is 10.2 Å². The number of thioether (sulfide) groups is 1. The van der Waals surface area contributed by atoms with E-state index in [0.717, 1.165) is 12.2 Å². The molecule has 134 valence electrons. The third-order valence-electron chi connectivity index (χ3n) is 4.20. The van der Waals surface area contributed by atoms with Crippen molar-refractivity contribution in [1.29, 1.82) is 0 Å². The van der Waals surface area contributed by atoms with Gasteiger partial charge in [-0.05, 0) is 11.1 Å². The zero-order chi connectivity index (χ0) is 18.4. The fourth-order valence-electron chi connectivity index (χ4n) is 2.95. The van der Waals surface area contributed by atoms with Crippen LogP contribution < -0.4 is 0 Å². The summed E-state index contributed by atoms with van der Waals surface area (Å²) in [7, 11) is 0. The standard InChI is InChI=1S/C20H21N3O2S/c1-2-18-21-22-20(26-14-19(24)25)23(18)13-17(15-9-5-3-6-10-15)16-11-7-4-8-12-16/h3-12,17H,2,13-14H2,1H3,(H,24,25). The number of aryl methyl sites for hydroxylation is 1. The van der Waals surface area contributed by atoms with Crippen molar-refractivity contribution in [2.24, 2.45) is 0 Å². The van der Waals surface area contributed by atoms with Crippen molar-refractivity contribution in [1.82, 2.24) is 14.8 Å². The Hall–Kier alpha value is -2.60. The van der Waals surface area contributed by atoms with Crippen LogP contribution in [0.3, 0.4) is 0 Å². The second kappa shape index (κ2) is 8.67. The number of hydrogen-bond acceptors (Lipinski definition) is 4. The molecule has 0 aliphatic carbocycles. The van der Waals surface area contributed by atoms with E-state index in [-0.39, 0.29) is 11.7 Å².